The monoisotopic (exact) mass is 253 g/mol. The summed E-state index contributed by atoms with van der Waals surface area (Å²) in [7, 11) is 1.01. The van der Waals surface area contributed by atoms with Gasteiger partial charge in [0.15, 0.2) is 0 Å². The SMILES string of the molecule is COC(=O)c1cc(F)nc(CCl)c1C(F)F. The van der Waals surface area contributed by atoms with Gasteiger partial charge in [0.2, 0.25) is 5.95 Å². The van der Waals surface area contributed by atoms with Crippen LogP contribution in [0.15, 0.2) is 6.07 Å². The van der Waals surface area contributed by atoms with Crippen LogP contribution in [0, 0.1) is 5.95 Å². The highest BCUT2D eigenvalue weighted by atomic mass is 35.5. The largest absolute Gasteiger partial charge is 0.465 e. The van der Waals surface area contributed by atoms with Crippen molar-refractivity contribution in [3.8, 4) is 0 Å². The average molecular weight is 254 g/mol. The molecular weight excluding hydrogens is 247 g/mol. The lowest BCUT2D eigenvalue weighted by Gasteiger charge is -2.10. The Balaban J connectivity index is 3.44. The first kappa shape index (κ1) is 12.8. The molecule has 0 amide bonds. The summed E-state index contributed by atoms with van der Waals surface area (Å²) in [5.74, 6) is -2.52. The number of carbonyl (C=O) groups excluding carboxylic acids is 1. The normalized spacial score (nSPS) is 10.6. The molecule has 0 unspecified atom stereocenters. The number of methoxy groups -OCH3 is 1. The Morgan fingerprint density at radius 1 is 1.62 bits per heavy atom. The number of carbonyl (C=O) groups is 1. The third-order valence-corrected chi connectivity index (χ3v) is 2.11. The zero-order chi connectivity index (χ0) is 12.3. The van der Waals surface area contributed by atoms with Gasteiger partial charge in [0, 0.05) is 6.07 Å². The number of aromatic nitrogens is 1. The van der Waals surface area contributed by atoms with Crippen LogP contribution in [0.4, 0.5) is 13.2 Å². The Bertz CT molecular complexity index is 412. The molecule has 1 aromatic heterocycles. The molecule has 1 aromatic rings. The molecule has 88 valence electrons. The molecule has 0 atom stereocenters. The Morgan fingerprint density at radius 2 is 2.25 bits per heavy atom. The van der Waals surface area contributed by atoms with Crippen LogP contribution in [0.2, 0.25) is 0 Å². The van der Waals surface area contributed by atoms with E-state index in [-0.39, 0.29) is 5.69 Å². The van der Waals surface area contributed by atoms with Crippen molar-refractivity contribution in [2.24, 2.45) is 0 Å². The second-order valence-corrected chi connectivity index (χ2v) is 3.05. The van der Waals surface area contributed by atoms with E-state index in [0.29, 0.717) is 6.07 Å². The van der Waals surface area contributed by atoms with E-state index in [1.807, 2.05) is 0 Å². The van der Waals surface area contributed by atoms with Gasteiger partial charge in [-0.1, -0.05) is 0 Å². The first-order valence-electron chi connectivity index (χ1n) is 4.13. The van der Waals surface area contributed by atoms with Crippen molar-refractivity contribution in [3.05, 3.63) is 28.8 Å². The highest BCUT2D eigenvalue weighted by Gasteiger charge is 2.24. The van der Waals surface area contributed by atoms with Gasteiger partial charge in [-0.2, -0.15) is 4.39 Å². The van der Waals surface area contributed by atoms with Gasteiger partial charge < -0.3 is 4.74 Å². The van der Waals surface area contributed by atoms with Crippen molar-refractivity contribution in [2.45, 2.75) is 12.3 Å². The van der Waals surface area contributed by atoms with Gasteiger partial charge in [-0.25, -0.2) is 18.6 Å². The zero-order valence-electron chi connectivity index (χ0n) is 8.14. The second-order valence-electron chi connectivity index (χ2n) is 2.78. The van der Waals surface area contributed by atoms with Crippen molar-refractivity contribution in [1.82, 2.24) is 4.98 Å². The van der Waals surface area contributed by atoms with Crippen molar-refractivity contribution >= 4 is 17.6 Å². The molecule has 1 heterocycles. The summed E-state index contributed by atoms with van der Waals surface area (Å²) in [6, 6.07) is 0.601. The number of hydrogen-bond acceptors (Lipinski definition) is 3. The highest BCUT2D eigenvalue weighted by Crippen LogP contribution is 2.27. The van der Waals surface area contributed by atoms with E-state index in [1.54, 1.807) is 0 Å². The van der Waals surface area contributed by atoms with Gasteiger partial charge in [0.1, 0.15) is 0 Å². The number of halogens is 4. The minimum Gasteiger partial charge on any atom is -0.465 e. The van der Waals surface area contributed by atoms with E-state index in [9.17, 15) is 18.0 Å². The number of esters is 1. The number of ether oxygens (including phenoxy) is 1. The molecular formula is C9H7ClF3NO2. The van der Waals surface area contributed by atoms with Crippen LogP contribution in [-0.2, 0) is 10.6 Å². The predicted octanol–water partition coefficient (Wildman–Crippen LogP) is 2.68. The molecule has 0 fully saturated rings. The smallest absolute Gasteiger partial charge is 0.338 e. The van der Waals surface area contributed by atoms with Crippen LogP contribution in [0.5, 0.6) is 0 Å². The summed E-state index contributed by atoms with van der Waals surface area (Å²) >= 11 is 5.35. The third kappa shape index (κ3) is 2.44. The van der Waals surface area contributed by atoms with Crippen LogP contribution < -0.4 is 0 Å². The number of hydrogen-bond donors (Lipinski definition) is 0. The van der Waals surface area contributed by atoms with E-state index in [0.717, 1.165) is 7.11 Å². The minimum atomic E-state index is -2.98. The molecule has 0 saturated carbocycles. The quantitative estimate of drug-likeness (QED) is 0.472. The first-order chi connectivity index (χ1) is 7.51. The maximum absolute atomic E-state index is 12.9. The number of rotatable bonds is 3. The Labute approximate surface area is 94.2 Å². The van der Waals surface area contributed by atoms with Gasteiger partial charge in [-0.3, -0.25) is 0 Å². The molecule has 0 aromatic carbocycles. The van der Waals surface area contributed by atoms with E-state index < -0.39 is 35.3 Å². The predicted molar refractivity (Wildman–Crippen MR) is 50.0 cm³/mol. The molecule has 0 aliphatic rings. The molecule has 7 heteroatoms. The van der Waals surface area contributed by atoms with Crippen molar-refractivity contribution in [1.29, 1.82) is 0 Å². The molecule has 0 radical (unpaired) electrons. The molecule has 1 rings (SSSR count). The molecule has 3 nitrogen and oxygen atoms in total. The molecule has 0 saturated heterocycles. The third-order valence-electron chi connectivity index (χ3n) is 1.86. The Morgan fingerprint density at radius 3 is 2.69 bits per heavy atom. The summed E-state index contributed by atoms with van der Waals surface area (Å²) in [6.45, 7) is 0. The molecule has 0 spiro atoms. The average Bonchev–Trinajstić information content (AvgIpc) is 2.26. The molecule has 0 N–H and O–H groups in total. The summed E-state index contributed by atoms with van der Waals surface area (Å²) in [4.78, 5) is 14.4. The number of pyridine rings is 1. The van der Waals surface area contributed by atoms with Crippen LogP contribution in [0.25, 0.3) is 0 Å². The molecule has 16 heavy (non-hydrogen) atoms. The van der Waals surface area contributed by atoms with Gasteiger partial charge in [-0.15, -0.1) is 11.6 Å². The summed E-state index contributed by atoms with van der Waals surface area (Å²) in [6.07, 6.45) is -2.98. The van der Waals surface area contributed by atoms with E-state index in [4.69, 9.17) is 11.6 Å². The zero-order valence-corrected chi connectivity index (χ0v) is 8.89. The van der Waals surface area contributed by atoms with E-state index in [1.165, 1.54) is 0 Å². The van der Waals surface area contributed by atoms with Crippen molar-refractivity contribution in [3.63, 3.8) is 0 Å². The fourth-order valence-electron chi connectivity index (χ4n) is 1.20. The van der Waals surface area contributed by atoms with Crippen molar-refractivity contribution < 1.29 is 22.7 Å². The fraction of sp³-hybridized carbons (Fsp3) is 0.333. The number of nitrogens with zero attached hydrogens (tertiary/aromatic N) is 1. The summed E-state index contributed by atoms with van der Waals surface area (Å²) < 4.78 is 42.6. The second kappa shape index (κ2) is 5.16. The first-order valence-corrected chi connectivity index (χ1v) is 4.66. The Hall–Kier alpha value is -1.30. The highest BCUT2D eigenvalue weighted by molar-refractivity contribution is 6.17. The lowest BCUT2D eigenvalue weighted by Crippen LogP contribution is -2.11. The van der Waals surface area contributed by atoms with E-state index >= 15 is 0 Å². The minimum absolute atomic E-state index is 0.364. The van der Waals surface area contributed by atoms with Crippen molar-refractivity contribution in [2.75, 3.05) is 7.11 Å². The maximum Gasteiger partial charge on any atom is 0.338 e. The topological polar surface area (TPSA) is 39.2 Å². The van der Waals surface area contributed by atoms with E-state index in [2.05, 4.69) is 9.72 Å². The lowest BCUT2D eigenvalue weighted by molar-refractivity contribution is 0.0587. The Kier molecular flexibility index (Phi) is 4.12. The van der Waals surface area contributed by atoms with Gasteiger partial charge >= 0.3 is 5.97 Å². The van der Waals surface area contributed by atoms with Gasteiger partial charge in [0.05, 0.1) is 29.8 Å². The molecule has 0 bridgehead atoms. The van der Waals surface area contributed by atoms with Gasteiger partial charge in [0.25, 0.3) is 6.43 Å². The maximum atomic E-state index is 12.9. The molecule has 0 aliphatic heterocycles. The standard InChI is InChI=1S/C9H7ClF3NO2/c1-16-9(15)4-2-6(11)14-5(3-10)7(4)8(12)13/h2,8H,3H2,1H3. The number of alkyl halides is 3. The molecule has 0 aliphatic carbocycles. The van der Waals surface area contributed by atoms with Crippen LogP contribution >= 0.6 is 11.6 Å². The van der Waals surface area contributed by atoms with Crippen LogP contribution in [-0.4, -0.2) is 18.1 Å². The fourth-order valence-corrected chi connectivity index (χ4v) is 1.40. The lowest BCUT2D eigenvalue weighted by atomic mass is 10.1. The van der Waals surface area contributed by atoms with Gasteiger partial charge in [-0.05, 0) is 0 Å². The van der Waals surface area contributed by atoms with Crippen LogP contribution in [0.3, 0.4) is 0 Å². The summed E-state index contributed by atoms with van der Waals surface area (Å²) in [5.41, 5.74) is -1.61. The van der Waals surface area contributed by atoms with Crippen LogP contribution in [0.1, 0.15) is 28.0 Å². The summed E-state index contributed by atoms with van der Waals surface area (Å²) in [5, 5.41) is 0.